The molecule has 0 radical (unpaired) electrons. The highest BCUT2D eigenvalue weighted by Crippen LogP contribution is 2.47. The normalized spacial score (nSPS) is 28.0. The van der Waals surface area contributed by atoms with Gasteiger partial charge in [0.25, 0.3) is 0 Å². The van der Waals surface area contributed by atoms with E-state index in [0.29, 0.717) is 9.76 Å². The van der Waals surface area contributed by atoms with Gasteiger partial charge in [-0.05, 0) is 48.5 Å². The second-order valence-corrected chi connectivity index (χ2v) is 7.88. The van der Waals surface area contributed by atoms with Crippen LogP contribution in [0.5, 0.6) is 0 Å². The molecule has 23 heavy (non-hydrogen) atoms. The maximum absolute atomic E-state index is 12.0. The Morgan fingerprint density at radius 3 is 2.61 bits per heavy atom. The average Bonchev–Trinajstić information content (AvgIpc) is 2.89. The van der Waals surface area contributed by atoms with E-state index in [1.165, 1.54) is 7.11 Å². The predicted molar refractivity (Wildman–Crippen MR) is 91.6 cm³/mol. The lowest BCUT2D eigenvalue weighted by Crippen LogP contribution is -2.39. The first kappa shape index (κ1) is 16.7. The molecule has 1 aliphatic carbocycles. The number of esters is 1. The number of hydrogen-bond acceptors (Lipinski definition) is 4. The summed E-state index contributed by atoms with van der Waals surface area (Å²) in [6.45, 7) is 4.18. The molecule has 0 atom stereocenters. The molecule has 2 aromatic rings. The number of aromatic nitrogens is 3. The fourth-order valence-electron chi connectivity index (χ4n) is 3.41. The van der Waals surface area contributed by atoms with E-state index in [1.54, 1.807) is 6.20 Å². The van der Waals surface area contributed by atoms with Crippen molar-refractivity contribution in [2.45, 2.75) is 44.9 Å². The number of carbonyl (C=O) groups excluding carboxylic acids is 1. The van der Waals surface area contributed by atoms with Crippen LogP contribution in [0, 0.1) is 5.41 Å². The lowest BCUT2D eigenvalue weighted by atomic mass is 9.65. The van der Waals surface area contributed by atoms with Crippen molar-refractivity contribution in [3.63, 3.8) is 0 Å². The van der Waals surface area contributed by atoms with Gasteiger partial charge < -0.3 is 4.74 Å². The third kappa shape index (κ3) is 2.66. The maximum atomic E-state index is 12.0. The molecule has 2 aromatic heterocycles. The molecule has 0 N–H and O–H groups in total. The van der Waals surface area contributed by atoms with Crippen LogP contribution < -0.4 is 0 Å². The Kier molecular flexibility index (Phi) is 4.17. The molecular weight excluding hydrogens is 382 g/mol. The number of ether oxygens (including phenoxy) is 1. The van der Waals surface area contributed by atoms with Crippen LogP contribution in [-0.2, 0) is 14.9 Å². The van der Waals surface area contributed by atoms with E-state index < -0.39 is 5.41 Å². The zero-order chi connectivity index (χ0) is 16.8. The fraction of sp³-hybridized carbons (Fsp3) is 0.562. The van der Waals surface area contributed by atoms with Crippen molar-refractivity contribution in [3.05, 3.63) is 28.0 Å². The lowest BCUT2D eigenvalue weighted by molar-refractivity contribution is -0.154. The van der Waals surface area contributed by atoms with Gasteiger partial charge in [-0.1, -0.05) is 18.5 Å². The van der Waals surface area contributed by atoms with Gasteiger partial charge in [0.05, 0.1) is 12.5 Å². The number of nitrogens with zero attached hydrogens (tertiary/aromatic N) is 3. The zero-order valence-corrected chi connectivity index (χ0v) is 15.7. The van der Waals surface area contributed by atoms with E-state index >= 15 is 0 Å². The van der Waals surface area contributed by atoms with Gasteiger partial charge in [0.2, 0.25) is 0 Å². The van der Waals surface area contributed by atoms with Crippen molar-refractivity contribution >= 4 is 39.0 Å². The highest BCUT2D eigenvalue weighted by molar-refractivity contribution is 9.10. The van der Waals surface area contributed by atoms with Crippen LogP contribution in [-0.4, -0.2) is 27.4 Å². The molecule has 0 saturated heterocycles. The van der Waals surface area contributed by atoms with Gasteiger partial charge >= 0.3 is 5.97 Å². The zero-order valence-electron chi connectivity index (χ0n) is 13.4. The molecule has 5 nitrogen and oxygen atoms in total. The van der Waals surface area contributed by atoms with Crippen molar-refractivity contribution in [1.29, 1.82) is 0 Å². The van der Waals surface area contributed by atoms with Crippen LogP contribution in [0.1, 0.15) is 45.4 Å². The molecule has 0 aliphatic heterocycles. The second kappa shape index (κ2) is 5.74. The van der Waals surface area contributed by atoms with Crippen LogP contribution >= 0.6 is 27.5 Å². The van der Waals surface area contributed by atoms with Gasteiger partial charge in [0.1, 0.15) is 15.9 Å². The summed E-state index contributed by atoms with van der Waals surface area (Å²) in [5, 5.41) is 0.428. The quantitative estimate of drug-likeness (QED) is 0.710. The molecule has 1 aliphatic rings. The largest absolute Gasteiger partial charge is 0.469 e. The summed E-state index contributed by atoms with van der Waals surface area (Å²) in [4.78, 5) is 20.8. The number of halogens is 2. The van der Waals surface area contributed by atoms with Gasteiger partial charge in [-0.3, -0.25) is 9.20 Å². The van der Waals surface area contributed by atoms with Crippen LogP contribution in [0.2, 0.25) is 5.15 Å². The Hall–Kier alpha value is -1.14. The minimum atomic E-state index is -0.405. The summed E-state index contributed by atoms with van der Waals surface area (Å²) in [7, 11) is 1.45. The number of methoxy groups -OCH3 is 1. The molecule has 7 heteroatoms. The van der Waals surface area contributed by atoms with Crippen LogP contribution in [0.4, 0.5) is 0 Å². The van der Waals surface area contributed by atoms with E-state index in [0.717, 1.165) is 37.0 Å². The molecule has 124 valence electrons. The molecule has 0 spiro atoms. The number of fused-ring (bicyclic) bond motifs is 1. The summed E-state index contributed by atoms with van der Waals surface area (Å²) in [6, 6.07) is 0. The first-order valence-electron chi connectivity index (χ1n) is 7.58. The van der Waals surface area contributed by atoms with Gasteiger partial charge in [0.15, 0.2) is 5.15 Å². The third-order valence-electron chi connectivity index (χ3n) is 5.14. The van der Waals surface area contributed by atoms with Crippen molar-refractivity contribution in [1.82, 2.24) is 14.4 Å². The van der Waals surface area contributed by atoms with Gasteiger partial charge in [-0.25, -0.2) is 9.97 Å². The predicted octanol–water partition coefficient (Wildman–Crippen LogP) is 4.16. The van der Waals surface area contributed by atoms with E-state index in [9.17, 15) is 4.79 Å². The Morgan fingerprint density at radius 2 is 2.00 bits per heavy atom. The molecule has 2 heterocycles. The summed E-state index contributed by atoms with van der Waals surface area (Å²) in [5.74, 6) is 0.830. The summed E-state index contributed by atoms with van der Waals surface area (Å²) >= 11 is 9.69. The summed E-state index contributed by atoms with van der Waals surface area (Å²) in [6.07, 6.45) is 6.85. The number of carbonyl (C=O) groups is 1. The number of rotatable bonds is 2. The van der Waals surface area contributed by atoms with Gasteiger partial charge in [0, 0.05) is 17.8 Å². The molecule has 0 aromatic carbocycles. The van der Waals surface area contributed by atoms with Gasteiger partial charge in [-0.2, -0.15) is 0 Å². The maximum Gasteiger partial charge on any atom is 0.311 e. The number of imidazole rings is 1. The van der Waals surface area contributed by atoms with Crippen molar-refractivity contribution < 1.29 is 9.53 Å². The van der Waals surface area contributed by atoms with E-state index in [4.69, 9.17) is 21.3 Å². The highest BCUT2D eigenvalue weighted by Gasteiger charge is 2.45. The van der Waals surface area contributed by atoms with Crippen molar-refractivity contribution in [3.8, 4) is 0 Å². The standard InChI is InChI=1S/C16H19BrClN3O2/c1-15(4-6-16(2,7-5-15)14(22)23-3)13-20-11(17)10-12(18)19-8-9-21(10)13/h8-9H,4-7H2,1-3H3. The number of hydrogen-bond donors (Lipinski definition) is 0. The Labute approximate surface area is 148 Å². The molecule has 0 bridgehead atoms. The van der Waals surface area contributed by atoms with E-state index in [-0.39, 0.29) is 11.4 Å². The lowest BCUT2D eigenvalue weighted by Gasteiger charge is -2.40. The molecule has 0 unspecified atom stereocenters. The Bertz CT molecular complexity index is 766. The van der Waals surface area contributed by atoms with Crippen LogP contribution in [0.3, 0.4) is 0 Å². The fourth-order valence-corrected chi connectivity index (χ4v) is 4.31. The Morgan fingerprint density at radius 1 is 1.35 bits per heavy atom. The summed E-state index contributed by atoms with van der Waals surface area (Å²) < 4.78 is 7.67. The van der Waals surface area contributed by atoms with Crippen LogP contribution in [0.25, 0.3) is 5.52 Å². The second-order valence-electron chi connectivity index (χ2n) is 6.78. The minimum absolute atomic E-state index is 0.118. The van der Waals surface area contributed by atoms with Crippen LogP contribution in [0.15, 0.2) is 17.0 Å². The highest BCUT2D eigenvalue weighted by atomic mass is 79.9. The smallest absolute Gasteiger partial charge is 0.311 e. The molecule has 3 rings (SSSR count). The van der Waals surface area contributed by atoms with E-state index in [2.05, 4.69) is 27.8 Å². The molecular formula is C16H19BrClN3O2. The third-order valence-corrected chi connectivity index (χ3v) is 5.97. The summed E-state index contributed by atoms with van der Waals surface area (Å²) in [5.41, 5.74) is 0.261. The minimum Gasteiger partial charge on any atom is -0.469 e. The van der Waals surface area contributed by atoms with E-state index in [1.807, 2.05) is 17.5 Å². The SMILES string of the molecule is COC(=O)C1(C)CCC(C)(c2nc(Br)c3c(Cl)nccn23)CC1. The molecule has 0 amide bonds. The first-order valence-corrected chi connectivity index (χ1v) is 8.75. The van der Waals surface area contributed by atoms with Crippen molar-refractivity contribution in [2.24, 2.45) is 5.41 Å². The van der Waals surface area contributed by atoms with Gasteiger partial charge in [-0.15, -0.1) is 0 Å². The molecule has 1 fully saturated rings. The topological polar surface area (TPSA) is 56.5 Å². The molecule has 1 saturated carbocycles. The average molecular weight is 401 g/mol. The monoisotopic (exact) mass is 399 g/mol. The first-order chi connectivity index (χ1) is 10.8. The Balaban J connectivity index is 1.98. The van der Waals surface area contributed by atoms with Crippen molar-refractivity contribution in [2.75, 3.05) is 7.11 Å².